The standard InChI is InChI=1S/C15H19N3O3S2/c1-17-8-2-4-13(17)15(19)18-9-6-12(7-10-18)16-23(20,21)14-5-3-11-22-14/h2-5,8,11-12,16H,6-7,9-10H2,1H3. The molecule has 1 aliphatic heterocycles. The van der Waals surface area contributed by atoms with Crippen LogP contribution >= 0.6 is 11.3 Å². The molecule has 2 aromatic rings. The van der Waals surface area contributed by atoms with Crippen LogP contribution in [0, 0.1) is 0 Å². The molecule has 1 N–H and O–H groups in total. The summed E-state index contributed by atoms with van der Waals surface area (Å²) < 4.78 is 29.3. The fraction of sp³-hybridized carbons (Fsp3) is 0.400. The smallest absolute Gasteiger partial charge is 0.270 e. The highest BCUT2D eigenvalue weighted by atomic mass is 32.2. The number of aromatic nitrogens is 1. The Balaban J connectivity index is 1.59. The highest BCUT2D eigenvalue weighted by molar-refractivity contribution is 7.91. The second-order valence-electron chi connectivity index (χ2n) is 5.62. The van der Waals surface area contributed by atoms with Crippen LogP contribution in [0.5, 0.6) is 0 Å². The second-order valence-corrected chi connectivity index (χ2v) is 8.51. The molecule has 23 heavy (non-hydrogen) atoms. The third-order valence-electron chi connectivity index (χ3n) is 4.03. The van der Waals surface area contributed by atoms with Crippen molar-refractivity contribution in [1.29, 1.82) is 0 Å². The molecule has 0 radical (unpaired) electrons. The third-order valence-corrected chi connectivity index (χ3v) is 6.94. The van der Waals surface area contributed by atoms with Gasteiger partial charge in [-0.25, -0.2) is 13.1 Å². The summed E-state index contributed by atoms with van der Waals surface area (Å²) in [5, 5.41) is 1.75. The number of thiophene rings is 1. The summed E-state index contributed by atoms with van der Waals surface area (Å²) >= 11 is 1.21. The molecule has 1 amide bonds. The second kappa shape index (κ2) is 6.46. The summed E-state index contributed by atoms with van der Waals surface area (Å²) in [4.78, 5) is 14.2. The molecule has 0 spiro atoms. The van der Waals surface area contributed by atoms with Crippen molar-refractivity contribution < 1.29 is 13.2 Å². The van der Waals surface area contributed by atoms with E-state index < -0.39 is 10.0 Å². The van der Waals surface area contributed by atoms with Crippen LogP contribution in [0.2, 0.25) is 0 Å². The van der Waals surface area contributed by atoms with E-state index in [2.05, 4.69) is 4.72 Å². The van der Waals surface area contributed by atoms with E-state index >= 15 is 0 Å². The summed E-state index contributed by atoms with van der Waals surface area (Å²) in [6.07, 6.45) is 3.09. The first-order valence-electron chi connectivity index (χ1n) is 7.44. The van der Waals surface area contributed by atoms with Crippen LogP contribution < -0.4 is 4.72 Å². The largest absolute Gasteiger partial charge is 0.347 e. The quantitative estimate of drug-likeness (QED) is 0.909. The van der Waals surface area contributed by atoms with Gasteiger partial charge in [0, 0.05) is 32.4 Å². The normalized spacial score (nSPS) is 16.7. The van der Waals surface area contributed by atoms with E-state index in [4.69, 9.17) is 0 Å². The Morgan fingerprint density at radius 2 is 2.00 bits per heavy atom. The zero-order valence-corrected chi connectivity index (χ0v) is 14.4. The van der Waals surface area contributed by atoms with E-state index in [1.165, 1.54) is 11.3 Å². The number of likely N-dealkylation sites (tertiary alicyclic amines) is 1. The van der Waals surface area contributed by atoms with Gasteiger partial charge in [-0.3, -0.25) is 4.79 Å². The maximum atomic E-state index is 12.4. The highest BCUT2D eigenvalue weighted by Crippen LogP contribution is 2.19. The van der Waals surface area contributed by atoms with E-state index in [9.17, 15) is 13.2 Å². The Bertz CT molecular complexity index is 773. The minimum absolute atomic E-state index is 0.00272. The number of carbonyl (C=O) groups excluding carboxylic acids is 1. The molecule has 0 aliphatic carbocycles. The van der Waals surface area contributed by atoms with Crippen LogP contribution in [0.3, 0.4) is 0 Å². The lowest BCUT2D eigenvalue weighted by molar-refractivity contribution is 0.0701. The Morgan fingerprint density at radius 3 is 2.57 bits per heavy atom. The lowest BCUT2D eigenvalue weighted by atomic mass is 10.1. The zero-order chi connectivity index (χ0) is 16.4. The molecule has 6 nitrogen and oxygen atoms in total. The topological polar surface area (TPSA) is 71.4 Å². The number of nitrogens with zero attached hydrogens (tertiary/aromatic N) is 2. The average Bonchev–Trinajstić information content (AvgIpc) is 3.18. The van der Waals surface area contributed by atoms with Crippen molar-refractivity contribution in [3.8, 4) is 0 Å². The molecule has 3 heterocycles. The molecule has 0 aromatic carbocycles. The molecular formula is C15H19N3O3S2. The average molecular weight is 353 g/mol. The minimum Gasteiger partial charge on any atom is -0.347 e. The summed E-state index contributed by atoms with van der Waals surface area (Å²) in [7, 11) is -1.60. The molecular weight excluding hydrogens is 334 g/mol. The summed E-state index contributed by atoms with van der Waals surface area (Å²) in [5.74, 6) is -0.00272. The van der Waals surface area contributed by atoms with Gasteiger partial charge in [0.1, 0.15) is 9.90 Å². The van der Waals surface area contributed by atoms with Gasteiger partial charge in [-0.15, -0.1) is 11.3 Å². The summed E-state index contributed by atoms with van der Waals surface area (Å²) in [5.41, 5.74) is 0.655. The number of rotatable bonds is 4. The van der Waals surface area contributed by atoms with Gasteiger partial charge < -0.3 is 9.47 Å². The molecule has 8 heteroatoms. The van der Waals surface area contributed by atoms with Gasteiger partial charge in [0.15, 0.2) is 0 Å². The molecule has 3 rings (SSSR count). The fourth-order valence-corrected chi connectivity index (χ4v) is 5.05. The lowest BCUT2D eigenvalue weighted by Crippen LogP contribution is -2.46. The number of nitrogens with one attached hydrogen (secondary N) is 1. The van der Waals surface area contributed by atoms with Gasteiger partial charge in [0.25, 0.3) is 5.91 Å². The van der Waals surface area contributed by atoms with Crippen molar-refractivity contribution in [2.75, 3.05) is 13.1 Å². The maximum Gasteiger partial charge on any atom is 0.270 e. The van der Waals surface area contributed by atoms with Gasteiger partial charge in [-0.1, -0.05) is 6.07 Å². The first-order valence-corrected chi connectivity index (χ1v) is 9.80. The number of piperidine rings is 1. The van der Waals surface area contributed by atoms with E-state index in [-0.39, 0.29) is 11.9 Å². The molecule has 0 bridgehead atoms. The van der Waals surface area contributed by atoms with Crippen molar-refractivity contribution in [2.45, 2.75) is 23.1 Å². The van der Waals surface area contributed by atoms with Crippen LogP contribution in [0.1, 0.15) is 23.3 Å². The number of aryl methyl sites for hydroxylation is 1. The number of carbonyl (C=O) groups is 1. The molecule has 124 valence electrons. The van der Waals surface area contributed by atoms with E-state index in [1.54, 1.807) is 33.0 Å². The number of hydrogen-bond donors (Lipinski definition) is 1. The van der Waals surface area contributed by atoms with E-state index in [0.717, 1.165) is 0 Å². The first kappa shape index (κ1) is 16.2. The number of sulfonamides is 1. The van der Waals surface area contributed by atoms with Crippen LogP contribution in [0.4, 0.5) is 0 Å². The van der Waals surface area contributed by atoms with Gasteiger partial charge in [-0.2, -0.15) is 0 Å². The fourth-order valence-electron chi connectivity index (χ4n) is 2.74. The molecule has 0 atom stereocenters. The van der Waals surface area contributed by atoms with Crippen LogP contribution in [-0.4, -0.2) is 42.9 Å². The summed E-state index contributed by atoms with van der Waals surface area (Å²) in [6, 6.07) is 6.84. The molecule has 0 unspecified atom stereocenters. The monoisotopic (exact) mass is 353 g/mol. The predicted molar refractivity (Wildman–Crippen MR) is 89.0 cm³/mol. The summed E-state index contributed by atoms with van der Waals surface area (Å²) in [6.45, 7) is 1.11. The van der Waals surface area contributed by atoms with Crippen LogP contribution in [0.25, 0.3) is 0 Å². The minimum atomic E-state index is -3.44. The molecule has 1 saturated heterocycles. The molecule has 1 fully saturated rings. The number of amides is 1. The van der Waals surface area contributed by atoms with Crippen LogP contribution in [0.15, 0.2) is 40.1 Å². The van der Waals surface area contributed by atoms with Crippen molar-refractivity contribution in [2.24, 2.45) is 7.05 Å². The van der Waals surface area contributed by atoms with E-state index in [1.807, 2.05) is 19.3 Å². The van der Waals surface area contributed by atoms with Gasteiger partial charge in [0.05, 0.1) is 0 Å². The predicted octanol–water partition coefficient (Wildman–Crippen LogP) is 1.67. The maximum absolute atomic E-state index is 12.4. The zero-order valence-electron chi connectivity index (χ0n) is 12.8. The SMILES string of the molecule is Cn1cccc1C(=O)N1CCC(NS(=O)(=O)c2cccs2)CC1. The third kappa shape index (κ3) is 3.49. The number of hydrogen-bond acceptors (Lipinski definition) is 4. The lowest BCUT2D eigenvalue weighted by Gasteiger charge is -2.32. The molecule has 0 saturated carbocycles. The Labute approximate surface area is 139 Å². The Kier molecular flexibility index (Phi) is 4.56. The van der Waals surface area contributed by atoms with Crippen molar-refractivity contribution in [3.63, 3.8) is 0 Å². The van der Waals surface area contributed by atoms with Crippen molar-refractivity contribution >= 4 is 27.3 Å². The van der Waals surface area contributed by atoms with Gasteiger partial charge >= 0.3 is 0 Å². The van der Waals surface area contributed by atoms with E-state index in [0.29, 0.717) is 35.8 Å². The highest BCUT2D eigenvalue weighted by Gasteiger charge is 2.28. The van der Waals surface area contributed by atoms with Gasteiger partial charge in [0.2, 0.25) is 10.0 Å². The molecule has 1 aliphatic rings. The van der Waals surface area contributed by atoms with Crippen LogP contribution in [-0.2, 0) is 17.1 Å². The van der Waals surface area contributed by atoms with Gasteiger partial charge in [-0.05, 0) is 36.4 Å². The Hall–Kier alpha value is -1.64. The Morgan fingerprint density at radius 1 is 1.26 bits per heavy atom. The van der Waals surface area contributed by atoms with Crippen molar-refractivity contribution in [1.82, 2.24) is 14.2 Å². The first-order chi connectivity index (χ1) is 11.0. The molecule has 2 aromatic heterocycles. The van der Waals surface area contributed by atoms with Crippen molar-refractivity contribution in [3.05, 3.63) is 41.5 Å².